The normalized spacial score (nSPS) is 29.8. The average Bonchev–Trinajstić information content (AvgIpc) is 2.94. The zero-order chi connectivity index (χ0) is 11.4. The molecule has 2 rings (SSSR count). The van der Waals surface area contributed by atoms with E-state index >= 15 is 0 Å². The van der Waals surface area contributed by atoms with E-state index in [2.05, 4.69) is 0 Å². The number of hydrogen-bond donors (Lipinski definition) is 0. The Hall–Kier alpha value is -1.06. The van der Waals surface area contributed by atoms with Crippen molar-refractivity contribution in [2.75, 3.05) is 13.1 Å². The van der Waals surface area contributed by atoms with Crippen LogP contribution in [-0.4, -0.2) is 47.8 Å². The molecule has 0 bridgehead atoms. The fourth-order valence-corrected chi connectivity index (χ4v) is 3.00. The Labute approximate surface area is 96.6 Å². The van der Waals surface area contributed by atoms with Crippen LogP contribution in [0.3, 0.4) is 0 Å². The molecule has 0 aromatic heterocycles. The summed E-state index contributed by atoms with van der Waals surface area (Å²) in [6, 6.07) is 0.846. The van der Waals surface area contributed by atoms with Crippen LogP contribution in [0.1, 0.15) is 38.5 Å². The summed E-state index contributed by atoms with van der Waals surface area (Å²) in [6.45, 7) is 1.83. The number of amides is 2. The van der Waals surface area contributed by atoms with Gasteiger partial charge in [-0.3, -0.25) is 9.59 Å². The largest absolute Gasteiger partial charge is 0.342 e. The van der Waals surface area contributed by atoms with Gasteiger partial charge in [0.2, 0.25) is 12.8 Å². The van der Waals surface area contributed by atoms with Gasteiger partial charge in [-0.05, 0) is 38.5 Å². The van der Waals surface area contributed by atoms with Crippen molar-refractivity contribution in [3.8, 4) is 0 Å². The monoisotopic (exact) mass is 224 g/mol. The Bertz CT molecular complexity index is 231. The topological polar surface area (TPSA) is 40.6 Å². The number of carbonyl (C=O) groups is 2. The minimum Gasteiger partial charge on any atom is -0.342 e. The highest BCUT2D eigenvalue weighted by Crippen LogP contribution is 2.25. The van der Waals surface area contributed by atoms with Gasteiger partial charge in [0, 0.05) is 25.2 Å². The molecule has 0 saturated carbocycles. The van der Waals surface area contributed by atoms with E-state index < -0.39 is 0 Å². The number of nitrogens with zero attached hydrogens (tertiary/aromatic N) is 2. The molecular formula is C12H20N2O2. The van der Waals surface area contributed by atoms with Crippen LogP contribution in [0, 0.1) is 0 Å². The van der Waals surface area contributed by atoms with Gasteiger partial charge in [-0.2, -0.15) is 0 Å². The van der Waals surface area contributed by atoms with Gasteiger partial charge in [-0.1, -0.05) is 0 Å². The fraction of sp³-hybridized carbons (Fsp3) is 0.833. The lowest BCUT2D eigenvalue weighted by Gasteiger charge is -2.24. The van der Waals surface area contributed by atoms with E-state index in [1.807, 2.05) is 9.80 Å². The lowest BCUT2D eigenvalue weighted by atomic mass is 10.0. The second-order valence-electron chi connectivity index (χ2n) is 4.86. The quantitative estimate of drug-likeness (QED) is 0.654. The molecule has 2 heterocycles. The molecule has 4 heteroatoms. The molecule has 0 radical (unpaired) electrons. The van der Waals surface area contributed by atoms with Crippen molar-refractivity contribution in [2.45, 2.75) is 50.6 Å². The summed E-state index contributed by atoms with van der Waals surface area (Å²) in [5.74, 6) is 0. The van der Waals surface area contributed by atoms with Crippen molar-refractivity contribution in [2.24, 2.45) is 0 Å². The van der Waals surface area contributed by atoms with E-state index in [1.54, 1.807) is 0 Å². The zero-order valence-corrected chi connectivity index (χ0v) is 9.68. The Balaban J connectivity index is 1.78. The van der Waals surface area contributed by atoms with Crippen LogP contribution in [0.15, 0.2) is 0 Å². The van der Waals surface area contributed by atoms with E-state index in [0.717, 1.165) is 64.4 Å². The minimum absolute atomic E-state index is 0.423. The van der Waals surface area contributed by atoms with Gasteiger partial charge in [0.1, 0.15) is 0 Å². The van der Waals surface area contributed by atoms with Gasteiger partial charge in [0.15, 0.2) is 0 Å². The molecule has 2 aliphatic rings. The average molecular weight is 224 g/mol. The third-order valence-corrected chi connectivity index (χ3v) is 3.95. The van der Waals surface area contributed by atoms with Crippen molar-refractivity contribution in [1.29, 1.82) is 0 Å². The van der Waals surface area contributed by atoms with Crippen molar-refractivity contribution in [3.05, 3.63) is 0 Å². The standard InChI is InChI=1S/C12H20N2O2/c15-9-13-7-1-3-11(13)5-6-12-4-2-8-14(12)10-16/h9-12H,1-8H2. The summed E-state index contributed by atoms with van der Waals surface area (Å²) in [4.78, 5) is 25.4. The van der Waals surface area contributed by atoms with Crippen LogP contribution in [0.5, 0.6) is 0 Å². The van der Waals surface area contributed by atoms with Crippen molar-refractivity contribution < 1.29 is 9.59 Å². The second-order valence-corrected chi connectivity index (χ2v) is 4.86. The number of hydrogen-bond acceptors (Lipinski definition) is 2. The fourth-order valence-electron chi connectivity index (χ4n) is 3.00. The van der Waals surface area contributed by atoms with E-state index in [9.17, 15) is 9.59 Å². The van der Waals surface area contributed by atoms with E-state index in [4.69, 9.17) is 0 Å². The summed E-state index contributed by atoms with van der Waals surface area (Å²) in [5, 5.41) is 0. The Kier molecular flexibility index (Phi) is 3.80. The maximum atomic E-state index is 10.8. The highest BCUT2D eigenvalue weighted by Gasteiger charge is 2.27. The lowest BCUT2D eigenvalue weighted by Crippen LogP contribution is -2.32. The van der Waals surface area contributed by atoms with Gasteiger partial charge in [0.25, 0.3) is 0 Å². The molecule has 2 saturated heterocycles. The van der Waals surface area contributed by atoms with Crippen LogP contribution >= 0.6 is 0 Å². The van der Waals surface area contributed by atoms with Gasteiger partial charge >= 0.3 is 0 Å². The molecule has 2 atom stereocenters. The molecule has 2 fully saturated rings. The number of likely N-dealkylation sites (tertiary alicyclic amines) is 2. The first-order valence-electron chi connectivity index (χ1n) is 6.27. The highest BCUT2D eigenvalue weighted by molar-refractivity contribution is 5.49. The molecule has 2 aliphatic heterocycles. The van der Waals surface area contributed by atoms with Crippen molar-refractivity contribution >= 4 is 12.8 Å². The van der Waals surface area contributed by atoms with Crippen molar-refractivity contribution in [1.82, 2.24) is 9.80 Å². The third kappa shape index (κ3) is 2.36. The summed E-state index contributed by atoms with van der Waals surface area (Å²) in [6.07, 6.45) is 8.57. The lowest BCUT2D eigenvalue weighted by molar-refractivity contribution is -0.120. The molecule has 0 aliphatic carbocycles. The second kappa shape index (κ2) is 5.32. The molecule has 2 unspecified atom stereocenters. The predicted octanol–water partition coefficient (Wildman–Crippen LogP) is 1.01. The zero-order valence-electron chi connectivity index (χ0n) is 9.68. The maximum Gasteiger partial charge on any atom is 0.209 e. The van der Waals surface area contributed by atoms with Crippen LogP contribution in [0.2, 0.25) is 0 Å². The van der Waals surface area contributed by atoms with E-state index in [-0.39, 0.29) is 0 Å². The van der Waals surface area contributed by atoms with Gasteiger partial charge in [0.05, 0.1) is 0 Å². The molecule has 0 aromatic rings. The predicted molar refractivity (Wildman–Crippen MR) is 60.8 cm³/mol. The molecule has 4 nitrogen and oxygen atoms in total. The summed E-state index contributed by atoms with van der Waals surface area (Å²) < 4.78 is 0. The Morgan fingerprint density at radius 2 is 1.31 bits per heavy atom. The van der Waals surface area contributed by atoms with Crippen LogP contribution in [-0.2, 0) is 9.59 Å². The van der Waals surface area contributed by atoms with Crippen LogP contribution in [0.25, 0.3) is 0 Å². The molecule has 16 heavy (non-hydrogen) atoms. The third-order valence-electron chi connectivity index (χ3n) is 3.95. The molecule has 0 N–H and O–H groups in total. The van der Waals surface area contributed by atoms with Gasteiger partial charge < -0.3 is 9.80 Å². The maximum absolute atomic E-state index is 10.8. The van der Waals surface area contributed by atoms with Crippen LogP contribution < -0.4 is 0 Å². The first-order chi connectivity index (χ1) is 7.85. The number of rotatable bonds is 5. The SMILES string of the molecule is O=CN1CCCC1CCC1CCCN1C=O. The summed E-state index contributed by atoms with van der Waals surface area (Å²) >= 11 is 0. The van der Waals surface area contributed by atoms with Gasteiger partial charge in [-0.15, -0.1) is 0 Å². The van der Waals surface area contributed by atoms with E-state index in [0.29, 0.717) is 12.1 Å². The number of carbonyl (C=O) groups excluding carboxylic acids is 2. The Morgan fingerprint density at radius 3 is 1.69 bits per heavy atom. The van der Waals surface area contributed by atoms with Crippen molar-refractivity contribution in [3.63, 3.8) is 0 Å². The van der Waals surface area contributed by atoms with Crippen LogP contribution in [0.4, 0.5) is 0 Å². The summed E-state index contributed by atoms with van der Waals surface area (Å²) in [5.41, 5.74) is 0. The van der Waals surface area contributed by atoms with E-state index in [1.165, 1.54) is 0 Å². The molecule has 0 aromatic carbocycles. The smallest absolute Gasteiger partial charge is 0.209 e. The molecule has 2 amide bonds. The molecule has 0 spiro atoms. The van der Waals surface area contributed by atoms with Gasteiger partial charge in [-0.25, -0.2) is 0 Å². The first kappa shape index (κ1) is 11.4. The molecular weight excluding hydrogens is 204 g/mol. The summed E-state index contributed by atoms with van der Waals surface area (Å²) in [7, 11) is 0. The highest BCUT2D eigenvalue weighted by atomic mass is 16.1. The minimum atomic E-state index is 0.423. The first-order valence-corrected chi connectivity index (χ1v) is 6.27. The Morgan fingerprint density at radius 1 is 0.875 bits per heavy atom. The molecule has 90 valence electrons.